The van der Waals surface area contributed by atoms with Crippen LogP contribution >= 0.6 is 0 Å². The zero-order chi connectivity index (χ0) is 20.0. The molecule has 9 heteroatoms. The van der Waals surface area contributed by atoms with Gasteiger partial charge in [-0.25, -0.2) is 5.06 Å². The molecule has 1 N–H and O–H groups in total. The van der Waals surface area contributed by atoms with Gasteiger partial charge in [0.15, 0.2) is 6.61 Å². The van der Waals surface area contributed by atoms with Crippen LogP contribution in [-0.4, -0.2) is 37.6 Å². The molecule has 0 spiro atoms. The minimum Gasteiger partial charge on any atom is -0.484 e. The Morgan fingerprint density at radius 3 is 2.37 bits per heavy atom. The highest BCUT2D eigenvalue weighted by molar-refractivity contribution is 5.93. The maximum atomic E-state index is 12.7. The van der Waals surface area contributed by atoms with Crippen LogP contribution in [0.5, 0.6) is 5.75 Å². The molecule has 2 amide bonds. The third-order valence-corrected chi connectivity index (χ3v) is 3.50. The lowest BCUT2D eigenvalue weighted by molar-refractivity contribution is -0.137. The number of halogens is 3. The summed E-state index contributed by atoms with van der Waals surface area (Å²) in [5.41, 5.74) is -0.482. The molecule has 0 fully saturated rings. The number of hydrogen-bond acceptors (Lipinski definition) is 4. The number of alkyl halides is 3. The summed E-state index contributed by atoms with van der Waals surface area (Å²) in [7, 11) is 2.82. The molecule has 144 valence electrons. The Morgan fingerprint density at radius 2 is 1.78 bits per heavy atom. The van der Waals surface area contributed by atoms with Crippen LogP contribution < -0.4 is 10.1 Å². The number of nitrogens with one attached hydrogen (secondary N) is 1. The molecule has 0 heterocycles. The largest absolute Gasteiger partial charge is 0.484 e. The normalized spacial score (nSPS) is 11.0. The molecule has 2 aromatic rings. The Kier molecular flexibility index (Phi) is 6.40. The summed E-state index contributed by atoms with van der Waals surface area (Å²) in [4.78, 5) is 28.5. The number of hydrogen-bond donors (Lipinski definition) is 1. The van der Waals surface area contributed by atoms with Gasteiger partial charge in [0.2, 0.25) is 0 Å². The van der Waals surface area contributed by atoms with E-state index in [2.05, 4.69) is 5.32 Å². The Bertz CT molecular complexity index is 807. The van der Waals surface area contributed by atoms with Crippen LogP contribution in [0.3, 0.4) is 0 Å². The first-order valence-corrected chi connectivity index (χ1v) is 7.73. The van der Waals surface area contributed by atoms with Crippen molar-refractivity contribution in [2.24, 2.45) is 0 Å². The lowest BCUT2D eigenvalue weighted by atomic mass is 10.2. The highest BCUT2D eigenvalue weighted by Crippen LogP contribution is 2.30. The summed E-state index contributed by atoms with van der Waals surface area (Å²) in [6, 6.07) is 10.3. The first-order valence-electron chi connectivity index (χ1n) is 7.73. The Morgan fingerprint density at radius 1 is 1.11 bits per heavy atom. The molecule has 0 aliphatic heterocycles. The maximum Gasteiger partial charge on any atom is 0.416 e. The van der Waals surface area contributed by atoms with Gasteiger partial charge in [0.05, 0.1) is 12.7 Å². The van der Waals surface area contributed by atoms with Crippen molar-refractivity contribution < 1.29 is 32.3 Å². The molecule has 0 atom stereocenters. The van der Waals surface area contributed by atoms with Crippen LogP contribution in [0.1, 0.15) is 15.9 Å². The van der Waals surface area contributed by atoms with Crippen molar-refractivity contribution in [1.82, 2.24) is 5.06 Å². The number of hydroxylamine groups is 2. The van der Waals surface area contributed by atoms with E-state index in [1.165, 1.54) is 50.6 Å². The zero-order valence-corrected chi connectivity index (χ0v) is 14.5. The number of ether oxygens (including phenoxy) is 1. The number of anilines is 1. The number of nitrogens with zero attached hydrogens (tertiary/aromatic N) is 1. The average Bonchev–Trinajstić information content (AvgIpc) is 2.65. The standard InChI is InChI=1S/C18H17F3N2O4/c1-23(26-2)17(25)12-6-8-15(9-7-12)27-11-16(24)22-14-5-3-4-13(10-14)18(19,20)21/h3-10H,11H2,1-2H3,(H,22,24). The fraction of sp³-hybridized carbons (Fsp3) is 0.222. The first-order chi connectivity index (χ1) is 12.7. The molecule has 2 aromatic carbocycles. The van der Waals surface area contributed by atoms with E-state index in [0.717, 1.165) is 17.2 Å². The smallest absolute Gasteiger partial charge is 0.416 e. The van der Waals surface area contributed by atoms with Gasteiger partial charge in [0.25, 0.3) is 11.8 Å². The molecule has 6 nitrogen and oxygen atoms in total. The lowest BCUT2D eigenvalue weighted by Gasteiger charge is -2.14. The third kappa shape index (κ3) is 5.71. The molecule has 0 saturated heterocycles. The van der Waals surface area contributed by atoms with Crippen molar-refractivity contribution in [3.63, 3.8) is 0 Å². The van der Waals surface area contributed by atoms with Crippen molar-refractivity contribution in [3.05, 3.63) is 59.7 Å². The van der Waals surface area contributed by atoms with E-state index in [0.29, 0.717) is 11.3 Å². The van der Waals surface area contributed by atoms with Gasteiger partial charge in [-0.15, -0.1) is 0 Å². The Labute approximate surface area is 153 Å². The maximum absolute atomic E-state index is 12.7. The van der Waals surface area contributed by atoms with Gasteiger partial charge in [0, 0.05) is 18.3 Å². The summed E-state index contributed by atoms with van der Waals surface area (Å²) in [5.74, 6) is -0.647. The van der Waals surface area contributed by atoms with Crippen molar-refractivity contribution in [1.29, 1.82) is 0 Å². The number of benzene rings is 2. The topological polar surface area (TPSA) is 67.9 Å². The summed E-state index contributed by atoms with van der Waals surface area (Å²) in [6.45, 7) is -0.401. The predicted octanol–water partition coefficient (Wildman–Crippen LogP) is 3.36. The van der Waals surface area contributed by atoms with Crippen molar-refractivity contribution in [2.75, 3.05) is 26.1 Å². The molecule has 0 aliphatic carbocycles. The van der Waals surface area contributed by atoms with Gasteiger partial charge in [-0.3, -0.25) is 14.4 Å². The molecule has 27 heavy (non-hydrogen) atoms. The lowest BCUT2D eigenvalue weighted by Crippen LogP contribution is -2.25. The molecular weight excluding hydrogens is 365 g/mol. The molecule has 0 aliphatic rings. The van der Waals surface area contributed by atoms with Gasteiger partial charge in [-0.1, -0.05) is 6.07 Å². The summed E-state index contributed by atoms with van der Waals surface area (Å²) in [6.07, 6.45) is -4.49. The van der Waals surface area contributed by atoms with Gasteiger partial charge in [-0.2, -0.15) is 13.2 Å². The van der Waals surface area contributed by atoms with Gasteiger partial charge < -0.3 is 10.1 Å². The van der Waals surface area contributed by atoms with Gasteiger partial charge in [-0.05, 0) is 42.5 Å². The number of rotatable bonds is 6. The van der Waals surface area contributed by atoms with Crippen molar-refractivity contribution in [3.8, 4) is 5.75 Å². The Hall–Kier alpha value is -3.07. The highest BCUT2D eigenvalue weighted by Gasteiger charge is 2.30. The first kappa shape index (κ1) is 20.2. The van der Waals surface area contributed by atoms with Crippen LogP contribution in [0.25, 0.3) is 0 Å². The Balaban J connectivity index is 1.91. The van der Waals surface area contributed by atoms with Crippen LogP contribution in [0, 0.1) is 0 Å². The van der Waals surface area contributed by atoms with Crippen molar-refractivity contribution in [2.45, 2.75) is 6.18 Å². The second-order valence-corrected chi connectivity index (χ2v) is 5.42. The second-order valence-electron chi connectivity index (χ2n) is 5.42. The highest BCUT2D eigenvalue weighted by atomic mass is 19.4. The van der Waals surface area contributed by atoms with Crippen LogP contribution in [0.4, 0.5) is 18.9 Å². The van der Waals surface area contributed by atoms with E-state index >= 15 is 0 Å². The fourth-order valence-corrected chi connectivity index (χ4v) is 2.08. The number of carbonyl (C=O) groups excluding carboxylic acids is 2. The molecule has 2 rings (SSSR count). The van der Waals surface area contributed by atoms with Crippen molar-refractivity contribution >= 4 is 17.5 Å². The summed E-state index contributed by atoms with van der Waals surface area (Å²) >= 11 is 0. The molecule has 0 saturated carbocycles. The second kappa shape index (κ2) is 8.54. The molecule has 0 aromatic heterocycles. The van der Waals surface area contributed by atoms with Gasteiger partial charge in [0.1, 0.15) is 5.75 Å². The monoisotopic (exact) mass is 382 g/mol. The van der Waals surface area contributed by atoms with Crippen LogP contribution in [0.2, 0.25) is 0 Å². The summed E-state index contributed by atoms with van der Waals surface area (Å²) in [5, 5.41) is 3.39. The van der Waals surface area contributed by atoms with Crippen LogP contribution in [-0.2, 0) is 15.8 Å². The van der Waals surface area contributed by atoms with E-state index in [9.17, 15) is 22.8 Å². The minimum absolute atomic E-state index is 0.0157. The molecule has 0 unspecified atom stereocenters. The van der Waals surface area contributed by atoms with Crippen LogP contribution in [0.15, 0.2) is 48.5 Å². The molecule has 0 radical (unpaired) electrons. The van der Waals surface area contributed by atoms with Gasteiger partial charge >= 0.3 is 6.18 Å². The SMILES string of the molecule is CON(C)C(=O)c1ccc(OCC(=O)Nc2cccc(C(F)(F)F)c2)cc1. The average molecular weight is 382 g/mol. The predicted molar refractivity (Wildman–Crippen MR) is 91.1 cm³/mol. The molecule has 0 bridgehead atoms. The number of amides is 2. The summed E-state index contributed by atoms with van der Waals surface area (Å²) < 4.78 is 43.3. The number of carbonyl (C=O) groups is 2. The van der Waals surface area contributed by atoms with E-state index in [1.807, 2.05) is 0 Å². The minimum atomic E-state index is -4.49. The van der Waals surface area contributed by atoms with E-state index < -0.39 is 24.3 Å². The van der Waals surface area contributed by atoms with E-state index in [1.54, 1.807) is 0 Å². The fourth-order valence-electron chi connectivity index (χ4n) is 2.08. The zero-order valence-electron chi connectivity index (χ0n) is 14.5. The van der Waals surface area contributed by atoms with E-state index in [-0.39, 0.29) is 11.6 Å². The third-order valence-electron chi connectivity index (χ3n) is 3.50. The molecular formula is C18H17F3N2O4. The quantitative estimate of drug-likeness (QED) is 0.778. The van der Waals surface area contributed by atoms with E-state index in [4.69, 9.17) is 9.57 Å².